The smallest absolute Gasteiger partial charge is 0.135 e. The van der Waals surface area contributed by atoms with Gasteiger partial charge in [0, 0.05) is 65.6 Å². The van der Waals surface area contributed by atoms with Gasteiger partial charge in [-0.2, -0.15) is 0 Å². The van der Waals surface area contributed by atoms with Gasteiger partial charge in [0.05, 0.1) is 22.1 Å². The van der Waals surface area contributed by atoms with E-state index in [4.69, 9.17) is 8.83 Å². The minimum Gasteiger partial charge on any atom is -0.456 e. The van der Waals surface area contributed by atoms with Gasteiger partial charge in [-0.15, -0.1) is 0 Å². The average Bonchev–Trinajstić information content (AvgIpc) is 4.04. The maximum absolute atomic E-state index is 6.34. The number of hydrogen-bond acceptors (Lipinski definition) is 2. The van der Waals surface area contributed by atoms with Crippen LogP contribution in [0.3, 0.4) is 0 Å². The second-order valence-electron chi connectivity index (χ2n) is 15.2. The topological polar surface area (TPSA) is 36.1 Å². The second kappa shape index (κ2) is 11.8. The average molecular weight is 741 g/mol. The van der Waals surface area contributed by atoms with Crippen LogP contribution < -0.4 is 0 Å². The van der Waals surface area contributed by atoms with Gasteiger partial charge in [-0.3, -0.25) is 0 Å². The van der Waals surface area contributed by atoms with Gasteiger partial charge in [0.1, 0.15) is 22.3 Å². The van der Waals surface area contributed by atoms with Crippen LogP contribution in [0.2, 0.25) is 0 Å². The molecule has 4 aromatic heterocycles. The molecule has 0 amide bonds. The van der Waals surface area contributed by atoms with Gasteiger partial charge < -0.3 is 18.0 Å². The Morgan fingerprint density at radius 3 is 1.53 bits per heavy atom. The van der Waals surface area contributed by atoms with Gasteiger partial charge in [-0.1, -0.05) is 127 Å². The minimum atomic E-state index is 0.882. The second-order valence-corrected chi connectivity index (χ2v) is 15.2. The highest BCUT2D eigenvalue weighted by molar-refractivity contribution is 6.22. The molecule has 13 rings (SSSR count). The van der Waals surface area contributed by atoms with Crippen LogP contribution in [-0.4, -0.2) is 9.13 Å². The molecule has 0 aliphatic heterocycles. The molecule has 4 heteroatoms. The molecule has 0 atom stereocenters. The summed E-state index contributed by atoms with van der Waals surface area (Å²) in [4.78, 5) is 0. The van der Waals surface area contributed by atoms with Crippen LogP contribution >= 0.6 is 0 Å². The number of furan rings is 2. The summed E-state index contributed by atoms with van der Waals surface area (Å²) < 4.78 is 17.6. The lowest BCUT2D eigenvalue weighted by atomic mass is 9.90. The lowest BCUT2D eigenvalue weighted by Gasteiger charge is -2.18. The van der Waals surface area contributed by atoms with Gasteiger partial charge in [-0.05, 0) is 77.9 Å². The number of nitrogens with zero attached hydrogens (tertiary/aromatic N) is 2. The minimum absolute atomic E-state index is 0.882. The normalized spacial score (nSPS) is 12.1. The maximum atomic E-state index is 6.34. The van der Waals surface area contributed by atoms with E-state index in [1.807, 2.05) is 24.3 Å². The van der Waals surface area contributed by atoms with E-state index in [9.17, 15) is 0 Å². The van der Waals surface area contributed by atoms with Crippen molar-refractivity contribution in [1.29, 1.82) is 0 Å². The van der Waals surface area contributed by atoms with Crippen molar-refractivity contribution in [2.45, 2.75) is 0 Å². The van der Waals surface area contributed by atoms with E-state index < -0.39 is 0 Å². The molecule has 270 valence electrons. The van der Waals surface area contributed by atoms with Crippen molar-refractivity contribution < 1.29 is 8.83 Å². The maximum Gasteiger partial charge on any atom is 0.135 e. The summed E-state index contributed by atoms with van der Waals surface area (Å²) in [5.74, 6) is 0. The Morgan fingerprint density at radius 1 is 0.293 bits per heavy atom. The van der Waals surface area contributed by atoms with Crippen LogP contribution in [0.15, 0.2) is 203 Å². The summed E-state index contributed by atoms with van der Waals surface area (Å²) in [6.45, 7) is 0. The van der Waals surface area contributed by atoms with E-state index >= 15 is 0 Å². The number of hydrogen-bond donors (Lipinski definition) is 0. The highest BCUT2D eigenvalue weighted by atomic mass is 16.3. The van der Waals surface area contributed by atoms with E-state index in [2.05, 4.69) is 179 Å². The van der Waals surface area contributed by atoms with Gasteiger partial charge in [0.25, 0.3) is 0 Å². The fraction of sp³-hybridized carbons (Fsp3) is 0. The zero-order chi connectivity index (χ0) is 37.9. The molecule has 0 saturated carbocycles. The van der Waals surface area contributed by atoms with Gasteiger partial charge >= 0.3 is 0 Å². The Balaban J connectivity index is 1.21. The van der Waals surface area contributed by atoms with E-state index in [-0.39, 0.29) is 0 Å². The Morgan fingerprint density at radius 2 is 0.828 bits per heavy atom. The van der Waals surface area contributed by atoms with Gasteiger partial charge in [-0.25, -0.2) is 0 Å². The van der Waals surface area contributed by atoms with Crippen molar-refractivity contribution in [3.05, 3.63) is 194 Å². The fourth-order valence-corrected chi connectivity index (χ4v) is 9.65. The first-order valence-electron chi connectivity index (χ1n) is 19.8. The molecule has 0 saturated heterocycles. The molecule has 58 heavy (non-hydrogen) atoms. The van der Waals surface area contributed by atoms with Crippen molar-refractivity contribution >= 4 is 87.5 Å². The molecule has 0 N–H and O–H groups in total. The third-order valence-corrected chi connectivity index (χ3v) is 12.1. The van der Waals surface area contributed by atoms with Crippen LogP contribution in [0, 0.1) is 0 Å². The molecule has 0 aliphatic rings. The van der Waals surface area contributed by atoms with Crippen LogP contribution in [0.5, 0.6) is 0 Å². The van der Waals surface area contributed by atoms with Crippen molar-refractivity contribution in [3.63, 3.8) is 0 Å². The third-order valence-electron chi connectivity index (χ3n) is 12.1. The van der Waals surface area contributed by atoms with Gasteiger partial charge in [0.2, 0.25) is 0 Å². The summed E-state index contributed by atoms with van der Waals surface area (Å²) >= 11 is 0. The summed E-state index contributed by atoms with van der Waals surface area (Å²) in [5, 5.41) is 9.27. The first-order valence-corrected chi connectivity index (χ1v) is 19.8. The van der Waals surface area contributed by atoms with Gasteiger partial charge in [0.15, 0.2) is 0 Å². The standard InChI is InChI=1S/C54H32N2O2/c1-2-13-34(14-3-1)55-46-21-8-5-16-38(46)42-28-27-36(33-25-29-50-44(31-33)39-17-6-10-23-48(39)57-50)52(54(42)55)43-20-12-19-41-37-15-4-9-22-47(37)56(53(41)43)35-26-30-51-45(32-35)40-18-7-11-24-49(40)58-51/h1-32H. The number of para-hydroxylation sites is 6. The third kappa shape index (κ3) is 4.34. The van der Waals surface area contributed by atoms with Crippen LogP contribution in [-0.2, 0) is 0 Å². The molecular weight excluding hydrogens is 709 g/mol. The highest BCUT2D eigenvalue weighted by Gasteiger charge is 2.25. The first kappa shape index (κ1) is 31.4. The zero-order valence-electron chi connectivity index (χ0n) is 31.2. The molecule has 13 aromatic rings. The van der Waals surface area contributed by atoms with E-state index in [1.54, 1.807) is 0 Å². The number of benzene rings is 9. The van der Waals surface area contributed by atoms with Crippen LogP contribution in [0.4, 0.5) is 0 Å². The number of fused-ring (bicyclic) bond motifs is 12. The Labute approximate surface area is 332 Å². The van der Waals surface area contributed by atoms with Crippen molar-refractivity contribution in [1.82, 2.24) is 9.13 Å². The Bertz CT molecular complexity index is 3800. The number of aromatic nitrogens is 2. The zero-order valence-corrected chi connectivity index (χ0v) is 31.2. The van der Waals surface area contributed by atoms with Crippen molar-refractivity contribution in [2.75, 3.05) is 0 Å². The summed E-state index contributed by atoms with van der Waals surface area (Å²) in [6, 6.07) is 69.8. The number of rotatable bonds is 4. The fourth-order valence-electron chi connectivity index (χ4n) is 9.65. The summed E-state index contributed by atoms with van der Waals surface area (Å²) in [7, 11) is 0. The summed E-state index contributed by atoms with van der Waals surface area (Å²) in [6.07, 6.45) is 0. The molecule has 9 aromatic carbocycles. The molecule has 0 bridgehead atoms. The molecule has 4 heterocycles. The SMILES string of the molecule is c1ccc(-n2c3ccccc3c3ccc(-c4ccc5oc6ccccc6c5c4)c(-c4cccc5c6ccccc6n(-c6ccc7oc8ccccc8c7c6)c45)c32)cc1. The molecule has 0 fully saturated rings. The summed E-state index contributed by atoms with van der Waals surface area (Å²) in [5.41, 5.74) is 15.0. The van der Waals surface area contributed by atoms with E-state index in [0.29, 0.717) is 0 Å². The predicted octanol–water partition coefficient (Wildman–Crippen LogP) is 15.0. The largest absolute Gasteiger partial charge is 0.456 e. The van der Waals surface area contributed by atoms with Crippen LogP contribution in [0.25, 0.3) is 121 Å². The predicted molar refractivity (Wildman–Crippen MR) is 241 cm³/mol. The van der Waals surface area contributed by atoms with Crippen LogP contribution in [0.1, 0.15) is 0 Å². The molecule has 0 unspecified atom stereocenters. The molecular formula is C54H32N2O2. The van der Waals surface area contributed by atoms with E-state index in [0.717, 1.165) is 83.0 Å². The molecule has 0 radical (unpaired) electrons. The molecule has 4 nitrogen and oxygen atoms in total. The lowest BCUT2D eigenvalue weighted by molar-refractivity contribution is 0.668. The van der Waals surface area contributed by atoms with Crippen molar-refractivity contribution in [2.24, 2.45) is 0 Å². The van der Waals surface area contributed by atoms with Crippen molar-refractivity contribution in [3.8, 4) is 33.6 Å². The first-order chi connectivity index (χ1) is 28.8. The Hall–Kier alpha value is -7.82. The molecule has 0 spiro atoms. The molecule has 0 aliphatic carbocycles. The lowest BCUT2D eigenvalue weighted by Crippen LogP contribution is -1.99. The monoisotopic (exact) mass is 740 g/mol. The highest BCUT2D eigenvalue weighted by Crippen LogP contribution is 2.48. The quantitative estimate of drug-likeness (QED) is 0.180. The Kier molecular flexibility index (Phi) is 6.41. The van der Waals surface area contributed by atoms with E-state index in [1.165, 1.54) is 38.1 Å².